The van der Waals surface area contributed by atoms with Gasteiger partial charge in [-0.2, -0.15) is 0 Å². The molecule has 1 aliphatic rings. The third-order valence-electron chi connectivity index (χ3n) is 3.70. The van der Waals surface area contributed by atoms with Gasteiger partial charge in [0.2, 0.25) is 10.0 Å². The Labute approximate surface area is 119 Å². The molecule has 1 unspecified atom stereocenters. The van der Waals surface area contributed by atoms with Crippen molar-refractivity contribution in [2.45, 2.75) is 50.6 Å². The molecule has 1 aromatic heterocycles. The highest BCUT2D eigenvalue weighted by molar-refractivity contribution is 7.89. The quantitative estimate of drug-likeness (QED) is 0.905. The molecule has 1 fully saturated rings. The molecule has 0 aliphatic carbocycles. The van der Waals surface area contributed by atoms with E-state index in [1.54, 1.807) is 9.47 Å². The normalized spacial score (nSPS) is 19.6. The van der Waals surface area contributed by atoms with Crippen LogP contribution in [0.15, 0.2) is 17.2 Å². The molecule has 0 saturated carbocycles. The van der Waals surface area contributed by atoms with Gasteiger partial charge in [-0.15, -0.1) is 0 Å². The van der Waals surface area contributed by atoms with E-state index in [0.717, 1.165) is 25.8 Å². The van der Waals surface area contributed by atoms with E-state index in [2.05, 4.69) is 0 Å². The highest BCUT2D eigenvalue weighted by Crippen LogP contribution is 2.22. The lowest BCUT2D eigenvalue weighted by molar-refractivity contribution is 0.0736. The Morgan fingerprint density at radius 3 is 2.70 bits per heavy atom. The summed E-state index contributed by atoms with van der Waals surface area (Å²) in [6.45, 7) is 5.31. The number of nitrogens with two attached hydrogens (primary N) is 1. The molecule has 7 heteroatoms. The summed E-state index contributed by atoms with van der Waals surface area (Å²) in [5, 5.41) is 5.15. The van der Waals surface area contributed by atoms with Gasteiger partial charge in [-0.05, 0) is 32.3 Å². The zero-order chi connectivity index (χ0) is 14.9. The second kappa shape index (κ2) is 5.57. The van der Waals surface area contributed by atoms with Gasteiger partial charge in [-0.25, -0.2) is 13.6 Å². The molecule has 1 aromatic rings. The number of nitrogens with zero attached hydrogens (tertiary/aromatic N) is 2. The number of primary sulfonamides is 1. The van der Waals surface area contributed by atoms with Crippen LogP contribution >= 0.6 is 0 Å². The number of carbonyl (C=O) groups is 1. The zero-order valence-corrected chi connectivity index (χ0v) is 12.7. The molecule has 112 valence electrons. The molecule has 2 N–H and O–H groups in total. The monoisotopic (exact) mass is 299 g/mol. The summed E-state index contributed by atoms with van der Waals surface area (Å²) in [6.07, 6.45) is 4.24. The summed E-state index contributed by atoms with van der Waals surface area (Å²) in [7, 11) is -3.78. The average molecular weight is 299 g/mol. The fraction of sp³-hybridized carbons (Fsp3) is 0.615. The van der Waals surface area contributed by atoms with Crippen molar-refractivity contribution in [2.75, 3.05) is 6.54 Å². The van der Waals surface area contributed by atoms with E-state index in [1.807, 2.05) is 13.8 Å². The van der Waals surface area contributed by atoms with Crippen molar-refractivity contribution in [1.82, 2.24) is 9.47 Å². The van der Waals surface area contributed by atoms with Crippen molar-refractivity contribution in [3.05, 3.63) is 18.0 Å². The molecular weight excluding hydrogens is 278 g/mol. The molecule has 0 spiro atoms. The number of likely N-dealkylation sites (tertiary alicyclic amines) is 1. The Hall–Kier alpha value is -1.34. The number of hydrogen-bond acceptors (Lipinski definition) is 3. The molecule has 2 heterocycles. The van der Waals surface area contributed by atoms with Crippen LogP contribution in [0.5, 0.6) is 0 Å². The first kappa shape index (κ1) is 15.1. The molecule has 1 saturated heterocycles. The smallest absolute Gasteiger partial charge is 0.270 e. The van der Waals surface area contributed by atoms with Crippen molar-refractivity contribution in [2.24, 2.45) is 5.14 Å². The van der Waals surface area contributed by atoms with E-state index >= 15 is 0 Å². The molecule has 2 rings (SSSR count). The minimum Gasteiger partial charge on any atom is -0.342 e. The third-order valence-corrected chi connectivity index (χ3v) is 4.58. The van der Waals surface area contributed by atoms with Gasteiger partial charge in [0, 0.05) is 25.3 Å². The van der Waals surface area contributed by atoms with Gasteiger partial charge in [0.05, 0.1) is 0 Å². The molecule has 1 aliphatic heterocycles. The molecule has 1 amide bonds. The van der Waals surface area contributed by atoms with Crippen molar-refractivity contribution in [1.29, 1.82) is 0 Å². The van der Waals surface area contributed by atoms with Gasteiger partial charge < -0.3 is 9.47 Å². The molecule has 0 aromatic carbocycles. The molecule has 0 radical (unpaired) electrons. The van der Waals surface area contributed by atoms with Crippen LogP contribution in [0.4, 0.5) is 0 Å². The highest BCUT2D eigenvalue weighted by atomic mass is 32.2. The van der Waals surface area contributed by atoms with Gasteiger partial charge >= 0.3 is 0 Å². The molecule has 20 heavy (non-hydrogen) atoms. The lowest BCUT2D eigenvalue weighted by Crippen LogP contribution is -2.34. The van der Waals surface area contributed by atoms with E-state index in [4.69, 9.17) is 5.14 Å². The first-order chi connectivity index (χ1) is 9.34. The van der Waals surface area contributed by atoms with Gasteiger partial charge in [0.25, 0.3) is 5.91 Å². The van der Waals surface area contributed by atoms with Gasteiger partial charge in [-0.3, -0.25) is 4.79 Å². The van der Waals surface area contributed by atoms with E-state index in [-0.39, 0.29) is 16.8 Å². The predicted octanol–water partition coefficient (Wildman–Crippen LogP) is 1.17. The molecule has 6 nitrogen and oxygen atoms in total. The van der Waals surface area contributed by atoms with E-state index in [1.165, 1.54) is 12.3 Å². The van der Waals surface area contributed by atoms with Crippen molar-refractivity contribution >= 4 is 15.9 Å². The van der Waals surface area contributed by atoms with Crippen molar-refractivity contribution < 1.29 is 13.2 Å². The number of carbonyl (C=O) groups excluding carboxylic acids is 1. The maximum atomic E-state index is 12.6. The largest absolute Gasteiger partial charge is 0.342 e. The van der Waals surface area contributed by atoms with Crippen molar-refractivity contribution in [3.63, 3.8) is 0 Å². The van der Waals surface area contributed by atoms with Crippen LogP contribution in [0.3, 0.4) is 0 Å². The summed E-state index contributed by atoms with van der Waals surface area (Å²) in [4.78, 5) is 14.4. The average Bonchev–Trinajstić information content (AvgIpc) is 2.94. The molecule has 1 atom stereocenters. The minimum atomic E-state index is -3.78. The Kier molecular flexibility index (Phi) is 4.19. The lowest BCUT2D eigenvalue weighted by atomic mass is 10.2. The number of sulfonamides is 1. The fourth-order valence-corrected chi connectivity index (χ4v) is 3.18. The number of rotatable bonds is 4. The Morgan fingerprint density at radius 2 is 2.20 bits per heavy atom. The number of amides is 1. The standard InChI is InChI=1S/C13H21N3O3S/c1-3-6-15-9-11(20(14,18)19)8-12(15)13(17)16-7-4-5-10(16)2/h8-10H,3-7H2,1-2H3,(H2,14,18,19). The van der Waals surface area contributed by atoms with Crippen molar-refractivity contribution in [3.8, 4) is 0 Å². The second-order valence-corrected chi connectivity index (χ2v) is 6.85. The van der Waals surface area contributed by atoms with Crippen LogP contribution in [0.2, 0.25) is 0 Å². The van der Waals surface area contributed by atoms with Gasteiger partial charge in [0.15, 0.2) is 0 Å². The Balaban J connectivity index is 2.39. The predicted molar refractivity (Wildman–Crippen MR) is 75.8 cm³/mol. The van der Waals surface area contributed by atoms with Crippen LogP contribution in [0.1, 0.15) is 43.6 Å². The Morgan fingerprint density at radius 1 is 1.50 bits per heavy atom. The van der Waals surface area contributed by atoms with Crippen LogP contribution in [0, 0.1) is 0 Å². The van der Waals surface area contributed by atoms with E-state index in [0.29, 0.717) is 12.2 Å². The summed E-state index contributed by atoms with van der Waals surface area (Å²) in [6, 6.07) is 1.59. The maximum Gasteiger partial charge on any atom is 0.270 e. The van der Waals surface area contributed by atoms with E-state index in [9.17, 15) is 13.2 Å². The second-order valence-electron chi connectivity index (χ2n) is 5.29. The Bertz CT molecular complexity index is 606. The third kappa shape index (κ3) is 2.88. The van der Waals surface area contributed by atoms with Gasteiger partial charge in [-0.1, -0.05) is 6.92 Å². The first-order valence-corrected chi connectivity index (χ1v) is 8.43. The van der Waals surface area contributed by atoms with Crippen LogP contribution in [-0.2, 0) is 16.6 Å². The van der Waals surface area contributed by atoms with Gasteiger partial charge in [0.1, 0.15) is 10.6 Å². The minimum absolute atomic E-state index is 0.00106. The summed E-state index contributed by atoms with van der Waals surface area (Å²) >= 11 is 0. The highest BCUT2D eigenvalue weighted by Gasteiger charge is 2.29. The molecule has 0 bridgehead atoms. The topological polar surface area (TPSA) is 85.4 Å². The number of aryl methyl sites for hydroxylation is 1. The zero-order valence-electron chi connectivity index (χ0n) is 11.9. The van der Waals surface area contributed by atoms with Crippen LogP contribution in [-0.4, -0.2) is 36.4 Å². The fourth-order valence-electron chi connectivity index (χ4n) is 2.63. The summed E-state index contributed by atoms with van der Waals surface area (Å²) in [5.74, 6) is -0.113. The number of hydrogen-bond donors (Lipinski definition) is 1. The SMILES string of the molecule is CCCn1cc(S(N)(=O)=O)cc1C(=O)N1CCCC1C. The first-order valence-electron chi connectivity index (χ1n) is 6.88. The van der Waals surface area contributed by atoms with Crippen LogP contribution < -0.4 is 5.14 Å². The lowest BCUT2D eigenvalue weighted by Gasteiger charge is -2.22. The van der Waals surface area contributed by atoms with Crippen LogP contribution in [0.25, 0.3) is 0 Å². The maximum absolute atomic E-state index is 12.6. The summed E-state index contributed by atoms with van der Waals surface area (Å²) in [5.41, 5.74) is 0.407. The van der Waals surface area contributed by atoms with E-state index < -0.39 is 10.0 Å². The summed E-state index contributed by atoms with van der Waals surface area (Å²) < 4.78 is 24.6. The molecular formula is C13H21N3O3S. The number of aromatic nitrogens is 1.